The molecule has 1 heterocycles. The molecule has 8 heteroatoms. The molecular weight excluding hydrogens is 372 g/mol. The molecule has 0 aliphatic heterocycles. The van der Waals surface area contributed by atoms with Crippen molar-refractivity contribution in [2.45, 2.75) is 17.9 Å². The van der Waals surface area contributed by atoms with E-state index in [9.17, 15) is 13.2 Å². The second kappa shape index (κ2) is 7.05. The molecule has 0 saturated heterocycles. The minimum absolute atomic E-state index is 0.123. The van der Waals surface area contributed by atoms with E-state index in [-0.39, 0.29) is 22.6 Å². The molecule has 2 aromatic carbocycles. The lowest BCUT2D eigenvalue weighted by molar-refractivity contribution is 0.0940. The van der Waals surface area contributed by atoms with E-state index < -0.39 is 9.84 Å². The molecule has 1 N–H and O–H groups in total. The number of fused-ring (bicyclic) bond motifs is 1. The van der Waals surface area contributed by atoms with Gasteiger partial charge in [-0.3, -0.25) is 4.79 Å². The molecule has 0 fully saturated rings. The fourth-order valence-corrected chi connectivity index (χ4v) is 4.16. The summed E-state index contributed by atoms with van der Waals surface area (Å²) in [5.41, 5.74) is 3.90. The zero-order valence-corrected chi connectivity index (χ0v) is 16.1. The summed E-state index contributed by atoms with van der Waals surface area (Å²) in [7, 11) is -1.97. The molecule has 3 aromatic rings. The molecule has 1 aromatic heterocycles. The van der Waals surface area contributed by atoms with E-state index >= 15 is 0 Å². The van der Waals surface area contributed by atoms with Crippen LogP contribution < -0.4 is 10.1 Å². The zero-order valence-electron chi connectivity index (χ0n) is 14.5. The highest BCUT2D eigenvalue weighted by Crippen LogP contribution is 2.28. The van der Waals surface area contributed by atoms with E-state index in [0.717, 1.165) is 22.0 Å². The minimum Gasteiger partial charge on any atom is -0.495 e. The number of methoxy groups -OCH3 is 1. The fraction of sp³-hybridized carbons (Fsp3) is 0.222. The Morgan fingerprint density at radius 2 is 2.00 bits per heavy atom. The molecule has 3 rings (SSSR count). The summed E-state index contributed by atoms with van der Waals surface area (Å²) in [6, 6.07) is 9.84. The molecule has 136 valence electrons. The Kier molecular flexibility index (Phi) is 4.97. The van der Waals surface area contributed by atoms with E-state index in [1.165, 1.54) is 24.5 Å². The Hall–Kier alpha value is -2.45. The SMILES string of the molecule is COc1cc(C(C)NC(=O)c2ccc3ncsc3c2)ccc1S(C)(=O)=O. The van der Waals surface area contributed by atoms with Gasteiger partial charge in [0.2, 0.25) is 0 Å². The topological polar surface area (TPSA) is 85.4 Å². The molecule has 1 unspecified atom stereocenters. The van der Waals surface area contributed by atoms with Crippen LogP contribution in [0.25, 0.3) is 10.2 Å². The molecule has 1 amide bonds. The third-order valence-corrected chi connectivity index (χ3v) is 5.96. The van der Waals surface area contributed by atoms with Gasteiger partial charge in [-0.05, 0) is 42.8 Å². The van der Waals surface area contributed by atoms with Gasteiger partial charge in [-0.15, -0.1) is 11.3 Å². The maximum Gasteiger partial charge on any atom is 0.251 e. The average Bonchev–Trinajstić information content (AvgIpc) is 3.07. The van der Waals surface area contributed by atoms with Crippen molar-refractivity contribution < 1.29 is 17.9 Å². The second-order valence-corrected chi connectivity index (χ2v) is 8.78. The number of nitrogens with zero attached hydrogens (tertiary/aromatic N) is 1. The van der Waals surface area contributed by atoms with Gasteiger partial charge in [0.1, 0.15) is 10.6 Å². The quantitative estimate of drug-likeness (QED) is 0.723. The number of benzene rings is 2. The Balaban J connectivity index is 1.82. The number of amides is 1. The molecular formula is C18H18N2O4S2. The van der Waals surface area contributed by atoms with Crippen LogP contribution in [0.1, 0.15) is 28.9 Å². The van der Waals surface area contributed by atoms with Crippen LogP contribution in [-0.4, -0.2) is 32.7 Å². The summed E-state index contributed by atoms with van der Waals surface area (Å²) in [6.45, 7) is 1.83. The van der Waals surface area contributed by atoms with Crippen molar-refractivity contribution in [2.24, 2.45) is 0 Å². The molecule has 1 atom stereocenters. The number of hydrogen-bond donors (Lipinski definition) is 1. The Bertz CT molecular complexity index is 1070. The van der Waals surface area contributed by atoms with Gasteiger partial charge < -0.3 is 10.1 Å². The number of carbonyl (C=O) groups excluding carboxylic acids is 1. The molecule has 0 aliphatic carbocycles. The zero-order chi connectivity index (χ0) is 18.9. The van der Waals surface area contributed by atoms with Crippen molar-refractivity contribution in [3.63, 3.8) is 0 Å². The van der Waals surface area contributed by atoms with Crippen LogP contribution in [0.3, 0.4) is 0 Å². The second-order valence-electron chi connectivity index (χ2n) is 5.91. The van der Waals surface area contributed by atoms with Gasteiger partial charge in [0.05, 0.1) is 28.9 Å². The van der Waals surface area contributed by atoms with Crippen LogP contribution in [0.15, 0.2) is 46.8 Å². The van der Waals surface area contributed by atoms with Crippen LogP contribution in [0.5, 0.6) is 5.75 Å². The number of thiazole rings is 1. The highest BCUT2D eigenvalue weighted by Gasteiger charge is 2.18. The monoisotopic (exact) mass is 390 g/mol. The molecule has 0 radical (unpaired) electrons. The first-order valence-corrected chi connectivity index (χ1v) is 10.6. The van der Waals surface area contributed by atoms with E-state index in [2.05, 4.69) is 10.3 Å². The highest BCUT2D eigenvalue weighted by molar-refractivity contribution is 7.90. The summed E-state index contributed by atoms with van der Waals surface area (Å²) >= 11 is 1.48. The predicted octanol–water partition coefficient (Wildman–Crippen LogP) is 3.20. The van der Waals surface area contributed by atoms with Crippen LogP contribution >= 0.6 is 11.3 Å². The number of carbonyl (C=O) groups is 1. The van der Waals surface area contributed by atoms with Gasteiger partial charge in [0, 0.05) is 11.8 Å². The predicted molar refractivity (Wildman–Crippen MR) is 102 cm³/mol. The summed E-state index contributed by atoms with van der Waals surface area (Å²) in [6.07, 6.45) is 1.13. The first-order chi connectivity index (χ1) is 12.3. The van der Waals surface area contributed by atoms with Gasteiger partial charge in [-0.2, -0.15) is 0 Å². The first kappa shape index (κ1) is 18.3. The van der Waals surface area contributed by atoms with Crippen LogP contribution in [0.4, 0.5) is 0 Å². The summed E-state index contributed by atoms with van der Waals surface area (Å²) in [5.74, 6) is 0.0520. The van der Waals surface area contributed by atoms with E-state index in [0.29, 0.717) is 5.56 Å². The lowest BCUT2D eigenvalue weighted by Gasteiger charge is -2.16. The van der Waals surface area contributed by atoms with Crippen molar-refractivity contribution in [1.29, 1.82) is 0 Å². The van der Waals surface area contributed by atoms with Crippen LogP contribution in [-0.2, 0) is 9.84 Å². The maximum atomic E-state index is 12.5. The van der Waals surface area contributed by atoms with Gasteiger partial charge in [0.25, 0.3) is 5.91 Å². The minimum atomic E-state index is -3.39. The normalized spacial score (nSPS) is 12.7. The first-order valence-electron chi connectivity index (χ1n) is 7.81. The largest absolute Gasteiger partial charge is 0.495 e. The van der Waals surface area contributed by atoms with Gasteiger partial charge in [0.15, 0.2) is 9.84 Å². The van der Waals surface area contributed by atoms with E-state index in [1.807, 2.05) is 19.1 Å². The number of nitrogens with one attached hydrogen (secondary N) is 1. The summed E-state index contributed by atoms with van der Waals surface area (Å²) in [5, 5.41) is 2.92. The Morgan fingerprint density at radius 3 is 2.69 bits per heavy atom. The summed E-state index contributed by atoms with van der Waals surface area (Å²) < 4.78 is 29.7. The average molecular weight is 390 g/mol. The van der Waals surface area contributed by atoms with Crippen LogP contribution in [0, 0.1) is 0 Å². The number of aromatic nitrogens is 1. The van der Waals surface area contributed by atoms with Crippen molar-refractivity contribution in [3.8, 4) is 5.75 Å². The number of ether oxygens (including phenoxy) is 1. The van der Waals surface area contributed by atoms with Gasteiger partial charge >= 0.3 is 0 Å². The van der Waals surface area contributed by atoms with E-state index in [1.54, 1.807) is 23.7 Å². The molecule has 0 bridgehead atoms. The standard InChI is InChI=1S/C18H18N2O4S2/c1-11(12-5-7-17(26(3,22)23)15(8-12)24-2)20-18(21)13-4-6-14-16(9-13)25-10-19-14/h4-11H,1-3H3,(H,20,21). The van der Waals surface area contributed by atoms with E-state index in [4.69, 9.17) is 4.74 Å². The van der Waals surface area contributed by atoms with Crippen molar-refractivity contribution in [1.82, 2.24) is 10.3 Å². The van der Waals surface area contributed by atoms with Crippen molar-refractivity contribution >= 4 is 37.3 Å². The highest BCUT2D eigenvalue weighted by atomic mass is 32.2. The maximum absolute atomic E-state index is 12.5. The molecule has 6 nitrogen and oxygen atoms in total. The molecule has 0 aliphatic rings. The number of rotatable bonds is 5. The Labute approximate surface area is 155 Å². The Morgan fingerprint density at radius 1 is 1.23 bits per heavy atom. The lowest BCUT2D eigenvalue weighted by Crippen LogP contribution is -2.26. The fourth-order valence-electron chi connectivity index (χ4n) is 2.62. The third-order valence-electron chi connectivity index (χ3n) is 4.03. The van der Waals surface area contributed by atoms with Crippen molar-refractivity contribution in [3.05, 3.63) is 53.0 Å². The summed E-state index contributed by atoms with van der Waals surface area (Å²) in [4.78, 5) is 16.8. The van der Waals surface area contributed by atoms with Crippen LogP contribution in [0.2, 0.25) is 0 Å². The molecule has 0 spiro atoms. The van der Waals surface area contributed by atoms with Gasteiger partial charge in [-0.1, -0.05) is 6.07 Å². The van der Waals surface area contributed by atoms with Crippen molar-refractivity contribution in [2.75, 3.05) is 13.4 Å². The van der Waals surface area contributed by atoms with Gasteiger partial charge in [-0.25, -0.2) is 13.4 Å². The number of sulfone groups is 1. The molecule has 0 saturated carbocycles. The number of hydrogen-bond acceptors (Lipinski definition) is 6. The third kappa shape index (κ3) is 3.71. The smallest absolute Gasteiger partial charge is 0.251 e. The lowest BCUT2D eigenvalue weighted by atomic mass is 10.1. The molecule has 26 heavy (non-hydrogen) atoms.